The van der Waals surface area contributed by atoms with Gasteiger partial charge in [0.05, 0.1) is 21.6 Å². The van der Waals surface area contributed by atoms with Crippen molar-refractivity contribution in [2.75, 3.05) is 19.7 Å². The van der Waals surface area contributed by atoms with E-state index in [1.807, 2.05) is 6.92 Å². The van der Waals surface area contributed by atoms with Crippen LogP contribution in [-0.2, 0) is 19.9 Å². The van der Waals surface area contributed by atoms with E-state index in [9.17, 15) is 16.8 Å². The monoisotopic (exact) mass is 429 g/mol. The fraction of sp³-hybridized carbons (Fsp3) is 0.333. The maximum absolute atomic E-state index is 12.8. The van der Waals surface area contributed by atoms with Gasteiger partial charge in [0.25, 0.3) is 0 Å². The number of sulfonamides is 1. The molecule has 146 valence electrons. The molecule has 1 heterocycles. The van der Waals surface area contributed by atoms with Gasteiger partial charge in [0, 0.05) is 18.1 Å². The second-order valence-electron chi connectivity index (χ2n) is 6.18. The highest BCUT2D eigenvalue weighted by Crippen LogP contribution is 2.29. The van der Waals surface area contributed by atoms with Crippen LogP contribution in [0.4, 0.5) is 0 Å². The molecular formula is C18H20ClNO5S2. The van der Waals surface area contributed by atoms with Gasteiger partial charge in [0.15, 0.2) is 9.84 Å². The van der Waals surface area contributed by atoms with Crippen LogP contribution >= 0.6 is 11.6 Å². The van der Waals surface area contributed by atoms with E-state index < -0.39 is 25.1 Å². The largest absolute Gasteiger partial charge is 0.494 e. The van der Waals surface area contributed by atoms with E-state index in [1.165, 1.54) is 40.7 Å². The smallest absolute Gasteiger partial charge is 0.243 e. The molecule has 2 aromatic rings. The number of rotatable bonds is 6. The van der Waals surface area contributed by atoms with Crippen LogP contribution in [0.15, 0.2) is 58.3 Å². The molecule has 2 aromatic carbocycles. The third-order valence-corrected chi connectivity index (χ3v) is 8.78. The Balaban J connectivity index is 1.79. The Morgan fingerprint density at radius 2 is 1.59 bits per heavy atom. The number of benzene rings is 2. The topological polar surface area (TPSA) is 80.8 Å². The number of hydrogen-bond acceptors (Lipinski definition) is 5. The summed E-state index contributed by atoms with van der Waals surface area (Å²) in [5, 5.41) is -0.337. The first-order chi connectivity index (χ1) is 12.7. The molecule has 0 amide bonds. The lowest BCUT2D eigenvalue weighted by atomic mass is 10.3. The van der Waals surface area contributed by atoms with Gasteiger partial charge in [0.2, 0.25) is 10.0 Å². The second kappa shape index (κ2) is 7.79. The molecule has 0 spiro atoms. The SMILES string of the molecule is CCOc1ccc(S(=O)(=O)N2CCC(S(=O)(=O)c3ccc(Cl)cc3)C2)cc1. The van der Waals surface area contributed by atoms with Gasteiger partial charge in [0.1, 0.15) is 5.75 Å². The van der Waals surface area contributed by atoms with Crippen molar-refractivity contribution in [1.82, 2.24) is 4.31 Å². The molecule has 0 radical (unpaired) electrons. The predicted molar refractivity (Wildman–Crippen MR) is 103 cm³/mol. The van der Waals surface area contributed by atoms with Crippen molar-refractivity contribution in [1.29, 1.82) is 0 Å². The average molecular weight is 430 g/mol. The predicted octanol–water partition coefficient (Wildman–Crippen LogP) is 2.98. The van der Waals surface area contributed by atoms with Gasteiger partial charge >= 0.3 is 0 Å². The fourth-order valence-electron chi connectivity index (χ4n) is 3.01. The van der Waals surface area contributed by atoms with Gasteiger partial charge in [-0.2, -0.15) is 4.31 Å². The Morgan fingerprint density at radius 3 is 2.19 bits per heavy atom. The molecule has 9 heteroatoms. The Bertz CT molecular complexity index is 1000. The maximum atomic E-state index is 12.8. The van der Waals surface area contributed by atoms with E-state index in [4.69, 9.17) is 16.3 Å². The Labute approximate surface area is 164 Å². The molecule has 1 atom stereocenters. The summed E-state index contributed by atoms with van der Waals surface area (Å²) in [4.78, 5) is 0.271. The summed E-state index contributed by atoms with van der Waals surface area (Å²) in [5.74, 6) is 0.584. The molecule has 0 N–H and O–H groups in total. The highest BCUT2D eigenvalue weighted by molar-refractivity contribution is 7.92. The van der Waals surface area contributed by atoms with Gasteiger partial charge < -0.3 is 4.74 Å². The summed E-state index contributed by atoms with van der Waals surface area (Å²) in [6.45, 7) is 2.42. The summed E-state index contributed by atoms with van der Waals surface area (Å²) in [6.07, 6.45) is 0.251. The molecule has 0 aliphatic carbocycles. The minimum atomic E-state index is -3.76. The van der Waals surface area contributed by atoms with Crippen LogP contribution < -0.4 is 4.74 Å². The molecule has 6 nitrogen and oxygen atoms in total. The molecule has 3 rings (SSSR count). The number of sulfone groups is 1. The molecule has 0 saturated carbocycles. The molecule has 0 aromatic heterocycles. The molecular weight excluding hydrogens is 410 g/mol. The number of nitrogens with zero attached hydrogens (tertiary/aromatic N) is 1. The van der Waals surface area contributed by atoms with Crippen LogP contribution in [0.5, 0.6) is 5.75 Å². The first kappa shape index (κ1) is 20.1. The molecule has 27 heavy (non-hydrogen) atoms. The van der Waals surface area contributed by atoms with E-state index in [0.717, 1.165) is 0 Å². The minimum absolute atomic E-state index is 0.0689. The van der Waals surface area contributed by atoms with Crippen molar-refractivity contribution in [3.8, 4) is 5.75 Å². The van der Waals surface area contributed by atoms with Crippen molar-refractivity contribution in [2.45, 2.75) is 28.4 Å². The van der Waals surface area contributed by atoms with Crippen LogP contribution in [0.2, 0.25) is 5.02 Å². The molecule has 1 saturated heterocycles. The highest BCUT2D eigenvalue weighted by Gasteiger charge is 2.39. The molecule has 1 fully saturated rings. The summed E-state index contributed by atoms with van der Waals surface area (Å²) in [6, 6.07) is 12.0. The lowest BCUT2D eigenvalue weighted by molar-refractivity contribution is 0.340. The number of hydrogen-bond donors (Lipinski definition) is 0. The number of halogens is 1. The van der Waals surface area contributed by atoms with Gasteiger partial charge in [-0.05, 0) is 61.9 Å². The van der Waals surface area contributed by atoms with Crippen molar-refractivity contribution in [2.24, 2.45) is 0 Å². The van der Waals surface area contributed by atoms with Gasteiger partial charge in [-0.25, -0.2) is 16.8 Å². The maximum Gasteiger partial charge on any atom is 0.243 e. The van der Waals surface area contributed by atoms with Crippen LogP contribution in [0.25, 0.3) is 0 Å². The Morgan fingerprint density at radius 1 is 1.00 bits per heavy atom. The third kappa shape index (κ3) is 4.13. The molecule has 1 aliphatic rings. The number of ether oxygens (including phenoxy) is 1. The van der Waals surface area contributed by atoms with Crippen molar-refractivity contribution >= 4 is 31.5 Å². The van der Waals surface area contributed by atoms with Gasteiger partial charge in [-0.3, -0.25) is 0 Å². The lowest BCUT2D eigenvalue weighted by Gasteiger charge is -2.17. The third-order valence-electron chi connectivity index (χ3n) is 4.46. The Kier molecular flexibility index (Phi) is 5.81. The van der Waals surface area contributed by atoms with Crippen LogP contribution in [0, 0.1) is 0 Å². The zero-order valence-electron chi connectivity index (χ0n) is 14.7. The summed E-state index contributed by atoms with van der Waals surface area (Å²) in [7, 11) is -7.39. The van der Waals surface area contributed by atoms with Gasteiger partial charge in [-0.15, -0.1) is 0 Å². The Hall–Kier alpha value is -1.61. The normalized spacial score (nSPS) is 18.5. The van der Waals surface area contributed by atoms with E-state index in [-0.39, 0.29) is 29.3 Å². The average Bonchev–Trinajstić information content (AvgIpc) is 3.15. The zero-order chi connectivity index (χ0) is 19.7. The summed E-state index contributed by atoms with van der Waals surface area (Å²) < 4.78 is 57.8. The minimum Gasteiger partial charge on any atom is -0.494 e. The van der Waals surface area contributed by atoms with Crippen molar-refractivity contribution in [3.05, 3.63) is 53.6 Å². The molecule has 1 unspecified atom stereocenters. The quantitative estimate of drug-likeness (QED) is 0.705. The summed E-state index contributed by atoms with van der Waals surface area (Å²) in [5.41, 5.74) is 0. The molecule has 1 aliphatic heterocycles. The van der Waals surface area contributed by atoms with E-state index in [2.05, 4.69) is 0 Å². The lowest BCUT2D eigenvalue weighted by Crippen LogP contribution is -2.32. The fourth-order valence-corrected chi connectivity index (χ4v) is 6.42. The standard InChI is InChI=1S/C18H20ClNO5S2/c1-2-25-15-5-9-17(10-6-15)27(23,24)20-12-11-18(13-20)26(21,22)16-7-3-14(19)4-8-16/h3-10,18H,2,11-13H2,1H3. The first-order valence-electron chi connectivity index (χ1n) is 8.47. The second-order valence-corrected chi connectivity index (χ2v) is 10.8. The van der Waals surface area contributed by atoms with Crippen LogP contribution in [0.3, 0.4) is 0 Å². The zero-order valence-corrected chi connectivity index (χ0v) is 17.1. The van der Waals surface area contributed by atoms with Crippen LogP contribution in [-0.4, -0.2) is 46.1 Å². The van der Waals surface area contributed by atoms with Crippen molar-refractivity contribution in [3.63, 3.8) is 0 Å². The van der Waals surface area contributed by atoms with E-state index >= 15 is 0 Å². The highest BCUT2D eigenvalue weighted by atomic mass is 35.5. The van der Waals surface area contributed by atoms with E-state index in [1.54, 1.807) is 12.1 Å². The van der Waals surface area contributed by atoms with Crippen LogP contribution in [0.1, 0.15) is 13.3 Å². The van der Waals surface area contributed by atoms with E-state index in [0.29, 0.717) is 17.4 Å². The first-order valence-corrected chi connectivity index (χ1v) is 11.8. The molecule has 0 bridgehead atoms. The van der Waals surface area contributed by atoms with Crippen molar-refractivity contribution < 1.29 is 21.6 Å². The summed E-state index contributed by atoms with van der Waals surface area (Å²) >= 11 is 5.81. The van der Waals surface area contributed by atoms with Gasteiger partial charge in [-0.1, -0.05) is 11.6 Å².